The molecule has 0 aliphatic rings. The third kappa shape index (κ3) is 3.60. The molecule has 0 saturated carbocycles. The van der Waals surface area contributed by atoms with E-state index in [0.717, 1.165) is 29.3 Å². The molecule has 1 N–H and O–H groups in total. The summed E-state index contributed by atoms with van der Waals surface area (Å²) in [4.78, 5) is 12.9. The van der Waals surface area contributed by atoms with Crippen LogP contribution in [0.4, 0.5) is 0 Å². The molecule has 0 atom stereocenters. The molecule has 2 aromatic rings. The summed E-state index contributed by atoms with van der Waals surface area (Å²) >= 11 is 0. The van der Waals surface area contributed by atoms with Gasteiger partial charge in [0.15, 0.2) is 0 Å². The van der Waals surface area contributed by atoms with Gasteiger partial charge in [0.05, 0.1) is 17.1 Å². The molecular formula is C13H16N4. The molecule has 0 aromatic carbocycles. The van der Waals surface area contributed by atoms with Crippen molar-refractivity contribution in [3.63, 3.8) is 0 Å². The molecule has 2 heterocycles. The van der Waals surface area contributed by atoms with Crippen LogP contribution in [0.1, 0.15) is 22.8 Å². The van der Waals surface area contributed by atoms with Gasteiger partial charge < -0.3 is 5.32 Å². The van der Waals surface area contributed by atoms with Crippen LogP contribution in [-0.4, -0.2) is 15.0 Å². The van der Waals surface area contributed by atoms with Crippen molar-refractivity contribution in [3.05, 3.63) is 53.4 Å². The predicted octanol–water partition coefficient (Wildman–Crippen LogP) is 1.78. The van der Waals surface area contributed by atoms with Crippen molar-refractivity contribution in [2.75, 3.05) is 0 Å². The van der Waals surface area contributed by atoms with Gasteiger partial charge in [-0.1, -0.05) is 6.07 Å². The number of aromatic nitrogens is 3. The van der Waals surface area contributed by atoms with Crippen LogP contribution in [-0.2, 0) is 13.1 Å². The molecule has 0 aliphatic carbocycles. The second-order valence-corrected chi connectivity index (χ2v) is 4.02. The monoisotopic (exact) mass is 228 g/mol. The van der Waals surface area contributed by atoms with Gasteiger partial charge >= 0.3 is 0 Å². The minimum absolute atomic E-state index is 0.711. The van der Waals surface area contributed by atoms with Gasteiger partial charge in [-0.25, -0.2) is 0 Å². The first-order valence-corrected chi connectivity index (χ1v) is 5.65. The number of hydrogen-bond acceptors (Lipinski definition) is 4. The summed E-state index contributed by atoms with van der Waals surface area (Å²) in [5, 5.41) is 3.30. The minimum atomic E-state index is 0.711. The van der Waals surface area contributed by atoms with Gasteiger partial charge in [0, 0.05) is 31.2 Å². The van der Waals surface area contributed by atoms with E-state index in [-0.39, 0.29) is 0 Å². The van der Waals surface area contributed by atoms with Crippen molar-refractivity contribution >= 4 is 0 Å². The van der Waals surface area contributed by atoms with Crippen LogP contribution >= 0.6 is 0 Å². The van der Waals surface area contributed by atoms with Gasteiger partial charge in [-0.05, 0) is 26.0 Å². The molecule has 4 nitrogen and oxygen atoms in total. The average molecular weight is 228 g/mol. The fourth-order valence-electron chi connectivity index (χ4n) is 1.53. The molecule has 0 saturated heterocycles. The van der Waals surface area contributed by atoms with Gasteiger partial charge in [0.1, 0.15) is 0 Å². The second kappa shape index (κ2) is 5.50. The Kier molecular flexibility index (Phi) is 3.77. The molecule has 0 bridgehead atoms. The molecule has 17 heavy (non-hydrogen) atoms. The summed E-state index contributed by atoms with van der Waals surface area (Å²) in [5.41, 5.74) is 3.97. The summed E-state index contributed by atoms with van der Waals surface area (Å²) in [5.74, 6) is 0. The summed E-state index contributed by atoms with van der Waals surface area (Å²) in [6.07, 6.45) is 3.58. The van der Waals surface area contributed by atoms with Crippen molar-refractivity contribution in [1.29, 1.82) is 0 Å². The summed E-state index contributed by atoms with van der Waals surface area (Å²) < 4.78 is 0. The zero-order chi connectivity index (χ0) is 12.1. The molecule has 0 radical (unpaired) electrons. The van der Waals surface area contributed by atoms with Crippen LogP contribution < -0.4 is 5.32 Å². The lowest BCUT2D eigenvalue weighted by Gasteiger charge is -2.04. The average Bonchev–Trinajstić information content (AvgIpc) is 2.32. The molecule has 2 aromatic heterocycles. The van der Waals surface area contributed by atoms with Crippen molar-refractivity contribution in [1.82, 2.24) is 20.3 Å². The number of aryl methyl sites for hydroxylation is 2. The second-order valence-electron chi connectivity index (χ2n) is 4.02. The lowest BCUT2D eigenvalue weighted by Crippen LogP contribution is -2.15. The quantitative estimate of drug-likeness (QED) is 0.866. The van der Waals surface area contributed by atoms with Crippen molar-refractivity contribution in [3.8, 4) is 0 Å². The standard InChI is InChI=1S/C13H16N4/c1-10-4-3-5-12(17-10)7-14-8-13-9-15-11(2)6-16-13/h3-6,9,14H,7-8H2,1-2H3. The first kappa shape index (κ1) is 11.7. The Bertz CT molecular complexity index is 479. The summed E-state index contributed by atoms with van der Waals surface area (Å²) in [7, 11) is 0. The highest BCUT2D eigenvalue weighted by Gasteiger charge is 1.97. The molecular weight excluding hydrogens is 212 g/mol. The van der Waals surface area contributed by atoms with Crippen molar-refractivity contribution in [2.24, 2.45) is 0 Å². The maximum Gasteiger partial charge on any atom is 0.0724 e. The third-order valence-corrected chi connectivity index (χ3v) is 2.39. The molecule has 0 amide bonds. The van der Waals surface area contributed by atoms with E-state index >= 15 is 0 Å². The first-order chi connectivity index (χ1) is 8.24. The SMILES string of the molecule is Cc1cnc(CNCc2cccc(C)n2)cn1. The third-order valence-electron chi connectivity index (χ3n) is 2.39. The lowest BCUT2D eigenvalue weighted by molar-refractivity contribution is 0.662. The van der Waals surface area contributed by atoms with E-state index in [1.54, 1.807) is 12.4 Å². The van der Waals surface area contributed by atoms with Crippen LogP contribution in [0.15, 0.2) is 30.6 Å². The van der Waals surface area contributed by atoms with E-state index < -0.39 is 0 Å². The van der Waals surface area contributed by atoms with Gasteiger partial charge in [-0.3, -0.25) is 15.0 Å². The highest BCUT2D eigenvalue weighted by atomic mass is 14.9. The van der Waals surface area contributed by atoms with Crippen LogP contribution in [0.25, 0.3) is 0 Å². The van der Waals surface area contributed by atoms with E-state index in [9.17, 15) is 0 Å². The Balaban J connectivity index is 1.85. The minimum Gasteiger partial charge on any atom is -0.305 e. The molecule has 0 unspecified atom stereocenters. The molecule has 0 spiro atoms. The zero-order valence-electron chi connectivity index (χ0n) is 10.1. The van der Waals surface area contributed by atoms with E-state index in [2.05, 4.69) is 20.3 Å². The zero-order valence-corrected chi connectivity index (χ0v) is 10.1. The number of rotatable bonds is 4. The van der Waals surface area contributed by atoms with Gasteiger partial charge in [-0.2, -0.15) is 0 Å². The van der Waals surface area contributed by atoms with E-state index in [4.69, 9.17) is 0 Å². The predicted molar refractivity (Wildman–Crippen MR) is 66.3 cm³/mol. The summed E-state index contributed by atoms with van der Waals surface area (Å²) in [6.45, 7) is 5.38. The largest absolute Gasteiger partial charge is 0.305 e. The first-order valence-electron chi connectivity index (χ1n) is 5.65. The van der Waals surface area contributed by atoms with Crippen LogP contribution in [0.2, 0.25) is 0 Å². The normalized spacial score (nSPS) is 10.5. The fourth-order valence-corrected chi connectivity index (χ4v) is 1.53. The smallest absolute Gasteiger partial charge is 0.0724 e. The Labute approximate surface area is 101 Å². The summed E-state index contributed by atoms with van der Waals surface area (Å²) in [6, 6.07) is 6.03. The highest BCUT2D eigenvalue weighted by molar-refractivity contribution is 5.09. The Hall–Kier alpha value is -1.81. The van der Waals surface area contributed by atoms with Crippen molar-refractivity contribution in [2.45, 2.75) is 26.9 Å². The fraction of sp³-hybridized carbons (Fsp3) is 0.308. The van der Waals surface area contributed by atoms with Crippen LogP contribution in [0.5, 0.6) is 0 Å². The number of hydrogen-bond donors (Lipinski definition) is 1. The Morgan fingerprint density at radius 2 is 1.76 bits per heavy atom. The van der Waals surface area contributed by atoms with Crippen LogP contribution in [0, 0.1) is 13.8 Å². The topological polar surface area (TPSA) is 50.7 Å². The van der Waals surface area contributed by atoms with E-state index in [1.165, 1.54) is 0 Å². The number of nitrogens with zero attached hydrogens (tertiary/aromatic N) is 3. The van der Waals surface area contributed by atoms with E-state index in [0.29, 0.717) is 6.54 Å². The highest BCUT2D eigenvalue weighted by Crippen LogP contribution is 1.98. The molecule has 88 valence electrons. The molecule has 0 aliphatic heterocycles. The Morgan fingerprint density at radius 1 is 0.941 bits per heavy atom. The van der Waals surface area contributed by atoms with Gasteiger partial charge in [-0.15, -0.1) is 0 Å². The Morgan fingerprint density at radius 3 is 2.47 bits per heavy atom. The maximum atomic E-state index is 4.42. The van der Waals surface area contributed by atoms with Gasteiger partial charge in [0.25, 0.3) is 0 Å². The molecule has 2 rings (SSSR count). The van der Waals surface area contributed by atoms with E-state index in [1.807, 2.05) is 32.0 Å². The van der Waals surface area contributed by atoms with Crippen LogP contribution in [0.3, 0.4) is 0 Å². The lowest BCUT2D eigenvalue weighted by atomic mass is 10.3. The number of nitrogens with one attached hydrogen (secondary N) is 1. The molecule has 0 fully saturated rings. The maximum absolute atomic E-state index is 4.42. The molecule has 4 heteroatoms. The number of pyridine rings is 1. The van der Waals surface area contributed by atoms with Crippen molar-refractivity contribution < 1.29 is 0 Å². The van der Waals surface area contributed by atoms with Gasteiger partial charge in [0.2, 0.25) is 0 Å².